The summed E-state index contributed by atoms with van der Waals surface area (Å²) >= 11 is 1.49. The van der Waals surface area contributed by atoms with Gasteiger partial charge in [0, 0.05) is 5.56 Å². The van der Waals surface area contributed by atoms with Crippen LogP contribution in [0.1, 0.15) is 18.1 Å². The number of aromatic nitrogens is 4. The molecule has 0 unspecified atom stereocenters. The second-order valence-electron chi connectivity index (χ2n) is 5.68. The number of benzene rings is 2. The van der Waals surface area contributed by atoms with Gasteiger partial charge in [-0.05, 0) is 48.9 Å². The van der Waals surface area contributed by atoms with E-state index in [9.17, 15) is 4.39 Å². The fraction of sp³-hybridized carbons (Fsp3) is 0.105. The lowest BCUT2D eigenvalue weighted by Crippen LogP contribution is -1.89. The molecule has 0 radical (unpaired) electrons. The lowest BCUT2D eigenvalue weighted by atomic mass is 10.2. The molecule has 5 nitrogen and oxygen atoms in total. The van der Waals surface area contributed by atoms with Gasteiger partial charge in [-0.25, -0.2) is 9.37 Å². The SMILES string of the molecule is C[C@H](Sc1ncc(-c2ccc(F)cc2)[nH]1)c1nnc(-c2ccccc2)o1. The summed E-state index contributed by atoms with van der Waals surface area (Å²) in [6.45, 7) is 1.98. The molecular formula is C19H15FN4OS. The van der Waals surface area contributed by atoms with Crippen LogP contribution in [0.2, 0.25) is 0 Å². The van der Waals surface area contributed by atoms with E-state index in [1.54, 1.807) is 18.3 Å². The zero-order chi connectivity index (χ0) is 17.9. The zero-order valence-corrected chi connectivity index (χ0v) is 14.7. The second kappa shape index (κ2) is 7.13. The molecule has 0 saturated carbocycles. The van der Waals surface area contributed by atoms with E-state index in [4.69, 9.17) is 4.42 Å². The molecule has 0 aliphatic carbocycles. The number of imidazole rings is 1. The van der Waals surface area contributed by atoms with Crippen molar-refractivity contribution in [2.24, 2.45) is 0 Å². The van der Waals surface area contributed by atoms with Gasteiger partial charge in [-0.15, -0.1) is 10.2 Å². The van der Waals surface area contributed by atoms with Gasteiger partial charge >= 0.3 is 0 Å². The van der Waals surface area contributed by atoms with Gasteiger partial charge in [0.15, 0.2) is 5.16 Å². The molecule has 1 N–H and O–H groups in total. The minimum absolute atomic E-state index is 0.0628. The molecule has 26 heavy (non-hydrogen) atoms. The molecule has 2 aromatic carbocycles. The Bertz CT molecular complexity index is 998. The molecule has 0 bridgehead atoms. The van der Waals surface area contributed by atoms with E-state index in [1.807, 2.05) is 37.3 Å². The maximum absolute atomic E-state index is 13.0. The van der Waals surface area contributed by atoms with Crippen molar-refractivity contribution in [1.82, 2.24) is 20.2 Å². The summed E-state index contributed by atoms with van der Waals surface area (Å²) in [5.41, 5.74) is 2.60. The van der Waals surface area contributed by atoms with Crippen molar-refractivity contribution < 1.29 is 8.81 Å². The molecule has 4 rings (SSSR count). The first-order valence-electron chi connectivity index (χ1n) is 8.05. The van der Waals surface area contributed by atoms with Crippen LogP contribution in [0, 0.1) is 5.82 Å². The van der Waals surface area contributed by atoms with Crippen LogP contribution in [0.4, 0.5) is 4.39 Å². The topological polar surface area (TPSA) is 67.6 Å². The molecule has 0 aliphatic heterocycles. The van der Waals surface area contributed by atoms with Gasteiger partial charge in [0.2, 0.25) is 11.8 Å². The van der Waals surface area contributed by atoms with Gasteiger partial charge < -0.3 is 9.40 Å². The van der Waals surface area contributed by atoms with E-state index in [2.05, 4.69) is 20.2 Å². The number of hydrogen-bond donors (Lipinski definition) is 1. The molecular weight excluding hydrogens is 351 g/mol. The highest BCUT2D eigenvalue weighted by molar-refractivity contribution is 7.99. The Labute approximate surface area is 153 Å². The van der Waals surface area contributed by atoms with Crippen LogP contribution in [-0.2, 0) is 0 Å². The minimum Gasteiger partial charge on any atom is -0.419 e. The third-order valence-electron chi connectivity index (χ3n) is 3.81. The molecule has 2 heterocycles. The van der Waals surface area contributed by atoms with E-state index in [1.165, 1.54) is 23.9 Å². The van der Waals surface area contributed by atoms with Gasteiger partial charge in [0.25, 0.3) is 0 Å². The maximum Gasteiger partial charge on any atom is 0.247 e. The Morgan fingerprint density at radius 3 is 2.54 bits per heavy atom. The average Bonchev–Trinajstić information content (AvgIpc) is 3.33. The largest absolute Gasteiger partial charge is 0.419 e. The number of rotatable bonds is 5. The summed E-state index contributed by atoms with van der Waals surface area (Å²) < 4.78 is 18.8. The molecule has 0 spiro atoms. The van der Waals surface area contributed by atoms with E-state index in [0.29, 0.717) is 11.8 Å². The normalized spacial score (nSPS) is 12.2. The van der Waals surface area contributed by atoms with Crippen LogP contribution >= 0.6 is 11.8 Å². The average molecular weight is 366 g/mol. The van der Waals surface area contributed by atoms with Gasteiger partial charge in [-0.3, -0.25) is 0 Å². The highest BCUT2D eigenvalue weighted by Crippen LogP contribution is 2.34. The van der Waals surface area contributed by atoms with Crippen molar-refractivity contribution in [3.8, 4) is 22.7 Å². The molecule has 1 atom stereocenters. The van der Waals surface area contributed by atoms with Crippen LogP contribution in [-0.4, -0.2) is 20.2 Å². The van der Waals surface area contributed by atoms with Crippen molar-refractivity contribution in [2.45, 2.75) is 17.3 Å². The fourth-order valence-electron chi connectivity index (χ4n) is 2.45. The minimum atomic E-state index is -0.262. The van der Waals surface area contributed by atoms with Crippen molar-refractivity contribution >= 4 is 11.8 Å². The number of aromatic amines is 1. The van der Waals surface area contributed by atoms with Gasteiger partial charge in [-0.1, -0.05) is 30.0 Å². The molecule has 0 fully saturated rings. The lowest BCUT2D eigenvalue weighted by molar-refractivity contribution is 0.509. The fourth-order valence-corrected chi connectivity index (χ4v) is 3.27. The summed E-state index contributed by atoms with van der Waals surface area (Å²) in [7, 11) is 0. The Hall–Kier alpha value is -2.93. The molecule has 2 aromatic heterocycles. The number of nitrogens with one attached hydrogen (secondary N) is 1. The summed E-state index contributed by atoms with van der Waals surface area (Å²) in [4.78, 5) is 7.60. The predicted octanol–water partition coefficient (Wildman–Crippen LogP) is 5.12. The number of thioether (sulfide) groups is 1. The Kier molecular flexibility index (Phi) is 4.53. The molecule has 4 aromatic rings. The summed E-state index contributed by atoms with van der Waals surface area (Å²) in [6, 6.07) is 15.9. The molecule has 7 heteroatoms. The highest BCUT2D eigenvalue weighted by atomic mass is 32.2. The standard InChI is InChI=1S/C19H15FN4OS/c1-12(17-23-24-18(25-17)14-5-3-2-4-6-14)26-19-21-11-16(22-19)13-7-9-15(20)10-8-13/h2-12H,1H3,(H,21,22)/t12-/m0/s1. The van der Waals surface area contributed by atoms with Crippen LogP contribution in [0.5, 0.6) is 0 Å². The smallest absolute Gasteiger partial charge is 0.247 e. The van der Waals surface area contributed by atoms with E-state index in [0.717, 1.165) is 22.0 Å². The van der Waals surface area contributed by atoms with E-state index < -0.39 is 0 Å². The summed E-state index contributed by atoms with van der Waals surface area (Å²) in [6.07, 6.45) is 1.73. The summed E-state index contributed by atoms with van der Waals surface area (Å²) in [5.74, 6) is 0.773. The first kappa shape index (κ1) is 16.5. The molecule has 0 saturated heterocycles. The lowest BCUT2D eigenvalue weighted by Gasteiger charge is -2.03. The number of H-pyrrole nitrogens is 1. The maximum atomic E-state index is 13.0. The van der Waals surface area contributed by atoms with Crippen molar-refractivity contribution in [3.63, 3.8) is 0 Å². The van der Waals surface area contributed by atoms with Crippen LogP contribution < -0.4 is 0 Å². The molecule has 0 amide bonds. The predicted molar refractivity (Wildman–Crippen MR) is 98.0 cm³/mol. The Balaban J connectivity index is 1.48. The first-order valence-corrected chi connectivity index (χ1v) is 8.93. The van der Waals surface area contributed by atoms with E-state index >= 15 is 0 Å². The van der Waals surface area contributed by atoms with Crippen LogP contribution in [0.3, 0.4) is 0 Å². The first-order chi connectivity index (χ1) is 12.7. The molecule has 130 valence electrons. The van der Waals surface area contributed by atoms with Gasteiger partial charge in [0.1, 0.15) is 5.82 Å². The third kappa shape index (κ3) is 3.52. The van der Waals surface area contributed by atoms with Crippen molar-refractivity contribution in [3.05, 3.63) is 72.5 Å². The number of halogens is 1. The van der Waals surface area contributed by atoms with Gasteiger partial charge in [0.05, 0.1) is 17.1 Å². The zero-order valence-electron chi connectivity index (χ0n) is 13.9. The monoisotopic (exact) mass is 366 g/mol. The van der Waals surface area contributed by atoms with Gasteiger partial charge in [-0.2, -0.15) is 0 Å². The van der Waals surface area contributed by atoms with Crippen molar-refractivity contribution in [1.29, 1.82) is 0 Å². The quantitative estimate of drug-likeness (QED) is 0.497. The second-order valence-corrected chi connectivity index (χ2v) is 7.01. The number of hydrogen-bond acceptors (Lipinski definition) is 5. The third-order valence-corrected chi connectivity index (χ3v) is 4.79. The summed E-state index contributed by atoms with van der Waals surface area (Å²) in [5, 5.41) is 8.93. The highest BCUT2D eigenvalue weighted by Gasteiger charge is 2.18. The van der Waals surface area contributed by atoms with Crippen LogP contribution in [0.25, 0.3) is 22.7 Å². The Morgan fingerprint density at radius 2 is 1.77 bits per heavy atom. The molecule has 0 aliphatic rings. The van der Waals surface area contributed by atoms with Crippen molar-refractivity contribution in [2.75, 3.05) is 0 Å². The number of nitrogens with zero attached hydrogens (tertiary/aromatic N) is 3. The Morgan fingerprint density at radius 1 is 1.00 bits per heavy atom. The van der Waals surface area contributed by atoms with Crippen LogP contribution in [0.15, 0.2) is 70.4 Å². The van der Waals surface area contributed by atoms with E-state index in [-0.39, 0.29) is 11.1 Å².